The molecule has 0 spiro atoms. The van der Waals surface area contributed by atoms with E-state index in [0.717, 1.165) is 17.7 Å². The van der Waals surface area contributed by atoms with Crippen molar-refractivity contribution in [2.24, 2.45) is 0 Å². The van der Waals surface area contributed by atoms with Crippen LogP contribution in [0.5, 0.6) is 5.75 Å². The van der Waals surface area contributed by atoms with Gasteiger partial charge in [-0.1, -0.05) is 44.5 Å². The first-order valence-electron chi connectivity index (χ1n) is 14.0. The lowest BCUT2D eigenvalue weighted by molar-refractivity contribution is -0.122. The molecule has 2 N–H and O–H groups in total. The molecule has 0 radical (unpaired) electrons. The maximum Gasteiger partial charge on any atom is 0.324 e. The third-order valence-corrected chi connectivity index (χ3v) is 7.02. The molecule has 0 aromatic heterocycles. The molecule has 222 valence electrons. The first kappa shape index (κ1) is 34.8. The number of ether oxygens (including phenoxy) is 1. The average molecular weight is 575 g/mol. The molecule has 0 bridgehead atoms. The van der Waals surface area contributed by atoms with Crippen LogP contribution in [0.1, 0.15) is 77.7 Å². The first-order chi connectivity index (χ1) is 18.8. The van der Waals surface area contributed by atoms with Crippen LogP contribution in [-0.4, -0.2) is 61.1 Å². The fraction of sp³-hybridized carbons (Fsp3) is 0.516. The molecule has 2 aromatic rings. The number of benzene rings is 2. The van der Waals surface area contributed by atoms with Gasteiger partial charge in [0, 0.05) is 43.9 Å². The molecule has 2 rings (SSSR count). The van der Waals surface area contributed by atoms with Gasteiger partial charge in [-0.2, -0.15) is 0 Å². The number of hydrogen-bond donors (Lipinski definition) is 2. The number of nitrogens with zero attached hydrogens (tertiary/aromatic N) is 2. The van der Waals surface area contributed by atoms with E-state index in [1.165, 1.54) is 13.1 Å². The first-order valence-corrected chi connectivity index (χ1v) is 14.3. The molecule has 4 amide bonds. The number of halogens is 1. The molecule has 2 aromatic carbocycles. The van der Waals surface area contributed by atoms with E-state index in [2.05, 4.69) is 17.6 Å². The van der Waals surface area contributed by atoms with E-state index in [1.54, 1.807) is 21.9 Å². The van der Waals surface area contributed by atoms with Crippen molar-refractivity contribution in [2.45, 2.75) is 85.9 Å². The van der Waals surface area contributed by atoms with E-state index < -0.39 is 11.9 Å². The largest absolute Gasteiger partial charge is 0.489 e. The van der Waals surface area contributed by atoms with Crippen molar-refractivity contribution in [1.82, 2.24) is 15.5 Å². The normalized spacial score (nSPS) is 11.6. The molecule has 0 aliphatic carbocycles. The second-order valence-electron chi connectivity index (χ2n) is 10.1. The molecule has 0 aliphatic rings. The minimum Gasteiger partial charge on any atom is -0.489 e. The lowest BCUT2D eigenvalue weighted by Crippen LogP contribution is -2.51. The Labute approximate surface area is 245 Å². The number of anilines is 1. The minimum atomic E-state index is -0.802. The Morgan fingerprint density at radius 2 is 1.62 bits per heavy atom. The fourth-order valence-electron chi connectivity index (χ4n) is 3.77. The van der Waals surface area contributed by atoms with E-state index in [1.807, 2.05) is 79.8 Å². The third kappa shape index (κ3) is 9.44. The fourth-order valence-corrected chi connectivity index (χ4v) is 3.99. The standard InChI is InChI=1S/C29H41ClN4O4.C2H6/c1-9-29(5,6)33(8)28(37)34(10-2)22-14-11-20(12-15-22)17-24(27(36)31-7)32-26(35)21-13-16-25(23(30)18-21)38-19(3)4;1-2/h11-16,18-19,24H,9-10,17H2,1-8H3,(H,31,36)(H,32,35);1-2H3. The SMILES string of the molecule is CC.CCN(C(=O)N(C)C(C)(C)CC)c1ccc(CC(NC(=O)c2ccc(OC(C)C)c(Cl)c2)C(=O)NC)cc1. The summed E-state index contributed by atoms with van der Waals surface area (Å²) in [6.45, 7) is 16.4. The van der Waals surface area contributed by atoms with E-state index in [0.29, 0.717) is 22.9 Å². The summed E-state index contributed by atoms with van der Waals surface area (Å²) in [5, 5.41) is 5.74. The summed E-state index contributed by atoms with van der Waals surface area (Å²) in [5.41, 5.74) is 1.66. The summed E-state index contributed by atoms with van der Waals surface area (Å²) in [6, 6.07) is 11.4. The van der Waals surface area contributed by atoms with Crippen LogP contribution in [0.25, 0.3) is 0 Å². The van der Waals surface area contributed by atoms with Gasteiger partial charge in [0.1, 0.15) is 11.8 Å². The number of likely N-dealkylation sites (N-methyl/N-ethyl adjacent to an activating group) is 1. The summed E-state index contributed by atoms with van der Waals surface area (Å²) in [4.78, 5) is 42.2. The van der Waals surface area contributed by atoms with Gasteiger partial charge in [0.05, 0.1) is 11.1 Å². The van der Waals surface area contributed by atoms with E-state index in [-0.39, 0.29) is 30.0 Å². The molecule has 0 saturated heterocycles. The summed E-state index contributed by atoms with van der Waals surface area (Å²) >= 11 is 6.29. The van der Waals surface area contributed by atoms with Gasteiger partial charge >= 0.3 is 6.03 Å². The molecule has 1 atom stereocenters. The van der Waals surface area contributed by atoms with Crippen molar-refractivity contribution < 1.29 is 19.1 Å². The predicted octanol–water partition coefficient (Wildman–Crippen LogP) is 6.31. The summed E-state index contributed by atoms with van der Waals surface area (Å²) in [6.07, 6.45) is 1.06. The lowest BCUT2D eigenvalue weighted by atomic mass is 10.0. The topological polar surface area (TPSA) is 91.0 Å². The van der Waals surface area contributed by atoms with Crippen LogP contribution in [0.4, 0.5) is 10.5 Å². The van der Waals surface area contributed by atoms with Crippen LogP contribution in [0.3, 0.4) is 0 Å². The highest BCUT2D eigenvalue weighted by atomic mass is 35.5. The Balaban J connectivity index is 0.00000391. The molecule has 8 nitrogen and oxygen atoms in total. The van der Waals surface area contributed by atoms with Gasteiger partial charge in [0.15, 0.2) is 0 Å². The number of carbonyl (C=O) groups is 3. The molecule has 0 heterocycles. The number of rotatable bonds is 11. The molecule has 1 unspecified atom stereocenters. The van der Waals surface area contributed by atoms with Crippen LogP contribution >= 0.6 is 11.6 Å². The number of nitrogens with one attached hydrogen (secondary N) is 2. The zero-order valence-electron chi connectivity index (χ0n) is 25.7. The van der Waals surface area contributed by atoms with Crippen LogP contribution in [0, 0.1) is 0 Å². The number of amides is 4. The molecular formula is C31H47ClN4O4. The molecule has 40 heavy (non-hydrogen) atoms. The van der Waals surface area contributed by atoms with E-state index in [9.17, 15) is 14.4 Å². The van der Waals surface area contributed by atoms with Crippen LogP contribution < -0.4 is 20.3 Å². The van der Waals surface area contributed by atoms with Gasteiger partial charge in [-0.15, -0.1) is 0 Å². The highest BCUT2D eigenvalue weighted by molar-refractivity contribution is 6.32. The zero-order valence-corrected chi connectivity index (χ0v) is 26.5. The summed E-state index contributed by atoms with van der Waals surface area (Å²) < 4.78 is 5.62. The van der Waals surface area contributed by atoms with Gasteiger partial charge in [0.2, 0.25) is 5.91 Å². The monoisotopic (exact) mass is 574 g/mol. The van der Waals surface area contributed by atoms with Crippen LogP contribution in [-0.2, 0) is 11.2 Å². The molecule has 0 fully saturated rings. The second-order valence-corrected chi connectivity index (χ2v) is 10.5. The number of carbonyl (C=O) groups excluding carboxylic acids is 3. The third-order valence-electron chi connectivity index (χ3n) is 6.72. The van der Waals surface area contributed by atoms with Crippen molar-refractivity contribution >= 4 is 35.1 Å². The van der Waals surface area contributed by atoms with Gasteiger partial charge in [0.25, 0.3) is 5.91 Å². The van der Waals surface area contributed by atoms with Gasteiger partial charge in [-0.3, -0.25) is 14.5 Å². The van der Waals surface area contributed by atoms with Crippen LogP contribution in [0.15, 0.2) is 42.5 Å². The average Bonchev–Trinajstić information content (AvgIpc) is 2.94. The van der Waals surface area contributed by atoms with Crippen LogP contribution in [0.2, 0.25) is 5.02 Å². The Hall–Kier alpha value is -3.26. The smallest absolute Gasteiger partial charge is 0.324 e. The minimum absolute atomic E-state index is 0.0529. The van der Waals surface area contributed by atoms with Crippen molar-refractivity contribution in [3.8, 4) is 5.75 Å². The molecular weight excluding hydrogens is 528 g/mol. The highest BCUT2D eigenvalue weighted by Crippen LogP contribution is 2.27. The Kier molecular flexibility index (Phi) is 14.0. The Morgan fingerprint density at radius 3 is 2.10 bits per heavy atom. The van der Waals surface area contributed by atoms with E-state index >= 15 is 0 Å². The zero-order chi connectivity index (χ0) is 30.6. The molecule has 0 aliphatic heterocycles. The number of urea groups is 1. The van der Waals surface area contributed by atoms with Crippen molar-refractivity contribution in [3.05, 3.63) is 58.6 Å². The van der Waals surface area contributed by atoms with Crippen molar-refractivity contribution in [3.63, 3.8) is 0 Å². The van der Waals surface area contributed by atoms with Gasteiger partial charge in [-0.05, 0) is 76.9 Å². The van der Waals surface area contributed by atoms with Crippen molar-refractivity contribution in [2.75, 3.05) is 25.5 Å². The Morgan fingerprint density at radius 1 is 1.02 bits per heavy atom. The van der Waals surface area contributed by atoms with Crippen molar-refractivity contribution in [1.29, 1.82) is 0 Å². The second kappa shape index (κ2) is 16.1. The molecule has 0 saturated carbocycles. The maximum absolute atomic E-state index is 13.2. The lowest BCUT2D eigenvalue weighted by Gasteiger charge is -2.38. The summed E-state index contributed by atoms with van der Waals surface area (Å²) in [5.74, 6) is -0.246. The molecule has 9 heteroatoms. The predicted molar refractivity (Wildman–Crippen MR) is 165 cm³/mol. The quantitative estimate of drug-likeness (QED) is 0.329. The van der Waals surface area contributed by atoms with Gasteiger partial charge < -0.3 is 20.3 Å². The number of hydrogen-bond acceptors (Lipinski definition) is 4. The van der Waals surface area contributed by atoms with E-state index in [4.69, 9.17) is 16.3 Å². The summed E-state index contributed by atoms with van der Waals surface area (Å²) in [7, 11) is 3.34. The maximum atomic E-state index is 13.2. The van der Waals surface area contributed by atoms with Gasteiger partial charge in [-0.25, -0.2) is 4.79 Å². The highest BCUT2D eigenvalue weighted by Gasteiger charge is 2.29. The Bertz CT molecular complexity index is 1120.